The molecule has 2 rings (SSSR count). The zero-order valence-corrected chi connectivity index (χ0v) is 18.4. The second-order valence-corrected chi connectivity index (χ2v) is 8.09. The van der Waals surface area contributed by atoms with E-state index >= 15 is 0 Å². The van der Waals surface area contributed by atoms with Gasteiger partial charge >= 0.3 is 12.1 Å². The van der Waals surface area contributed by atoms with Crippen molar-refractivity contribution >= 4 is 5.91 Å². The van der Waals surface area contributed by atoms with E-state index in [4.69, 9.17) is 5.26 Å². The molecule has 0 bridgehead atoms. The Kier molecular flexibility index (Phi) is 8.50. The number of carbonyl (C=O) groups excluding carboxylic acids is 1. The van der Waals surface area contributed by atoms with Gasteiger partial charge in [0.1, 0.15) is 12.6 Å². The van der Waals surface area contributed by atoms with Gasteiger partial charge in [0.05, 0.1) is 12.1 Å². The quantitative estimate of drug-likeness (QED) is 0.404. The van der Waals surface area contributed by atoms with Gasteiger partial charge in [-0.15, -0.1) is 0 Å². The van der Waals surface area contributed by atoms with E-state index in [1.807, 2.05) is 0 Å². The van der Waals surface area contributed by atoms with E-state index < -0.39 is 36.6 Å². The van der Waals surface area contributed by atoms with Crippen LogP contribution in [0.4, 0.5) is 22.0 Å². The molecule has 0 aliphatic rings. The van der Waals surface area contributed by atoms with Crippen molar-refractivity contribution in [1.82, 2.24) is 15.6 Å². The number of nitrogens with one attached hydrogen (secondary N) is 2. The van der Waals surface area contributed by atoms with Crippen LogP contribution in [0.1, 0.15) is 37.6 Å². The van der Waals surface area contributed by atoms with Crippen molar-refractivity contribution in [2.45, 2.75) is 51.4 Å². The Hall–Kier alpha value is -3.06. The average Bonchev–Trinajstić information content (AvgIpc) is 2.74. The smallest absolute Gasteiger partial charge is 0.342 e. The van der Waals surface area contributed by atoms with Gasteiger partial charge in [0.25, 0.3) is 0 Å². The Balaban J connectivity index is 2.44. The predicted molar refractivity (Wildman–Crippen MR) is 113 cm³/mol. The van der Waals surface area contributed by atoms with Gasteiger partial charge in [-0.1, -0.05) is 44.2 Å². The van der Waals surface area contributed by atoms with Crippen LogP contribution in [0.15, 0.2) is 42.6 Å². The van der Waals surface area contributed by atoms with Gasteiger partial charge in [-0.3, -0.25) is 15.1 Å². The Labute approximate surface area is 189 Å². The van der Waals surface area contributed by atoms with Gasteiger partial charge in [0.15, 0.2) is 0 Å². The maximum absolute atomic E-state index is 14.6. The Morgan fingerprint density at radius 1 is 1.06 bits per heavy atom. The van der Waals surface area contributed by atoms with Crippen LogP contribution in [-0.4, -0.2) is 35.6 Å². The summed E-state index contributed by atoms with van der Waals surface area (Å²) in [4.78, 5) is 16.5. The van der Waals surface area contributed by atoms with E-state index in [1.54, 1.807) is 45.2 Å². The summed E-state index contributed by atoms with van der Waals surface area (Å²) >= 11 is 0. The first-order valence-corrected chi connectivity index (χ1v) is 10.2. The summed E-state index contributed by atoms with van der Waals surface area (Å²) in [5, 5.41) is 13.1. The van der Waals surface area contributed by atoms with Gasteiger partial charge < -0.3 is 5.32 Å². The Morgan fingerprint density at radius 2 is 1.67 bits per heavy atom. The number of nitrogens with zero attached hydrogens (tertiary/aromatic N) is 2. The Morgan fingerprint density at radius 3 is 2.15 bits per heavy atom. The van der Waals surface area contributed by atoms with Crippen molar-refractivity contribution in [2.75, 3.05) is 6.54 Å². The zero-order chi connectivity index (χ0) is 24.8. The molecule has 33 heavy (non-hydrogen) atoms. The highest BCUT2D eigenvalue weighted by Crippen LogP contribution is 2.45. The Bertz CT molecular complexity index is 966. The van der Waals surface area contributed by atoms with Crippen LogP contribution in [0.5, 0.6) is 0 Å². The second kappa shape index (κ2) is 10.7. The second-order valence-electron chi connectivity index (χ2n) is 8.09. The number of nitriles is 1. The summed E-state index contributed by atoms with van der Waals surface area (Å²) in [7, 11) is 0. The number of aryl methyl sites for hydroxylation is 1. The lowest BCUT2D eigenvalue weighted by molar-refractivity contribution is -0.295. The molecule has 0 saturated heterocycles. The van der Waals surface area contributed by atoms with Crippen LogP contribution in [0.25, 0.3) is 11.1 Å². The molecule has 0 radical (unpaired) electrons. The van der Waals surface area contributed by atoms with E-state index in [9.17, 15) is 26.7 Å². The van der Waals surface area contributed by atoms with Crippen molar-refractivity contribution < 1.29 is 26.7 Å². The first kappa shape index (κ1) is 26.2. The lowest BCUT2D eigenvalue weighted by Crippen LogP contribution is -2.54. The topological polar surface area (TPSA) is 77.8 Å². The van der Waals surface area contributed by atoms with Crippen molar-refractivity contribution in [3.05, 3.63) is 53.9 Å². The van der Waals surface area contributed by atoms with Crippen molar-refractivity contribution in [3.63, 3.8) is 0 Å². The monoisotopic (exact) mass is 468 g/mol. The number of hydrogen-bond donors (Lipinski definition) is 2. The van der Waals surface area contributed by atoms with Crippen LogP contribution < -0.4 is 10.6 Å². The third kappa shape index (κ3) is 6.71. The fourth-order valence-corrected chi connectivity index (χ4v) is 3.25. The molecule has 0 saturated carbocycles. The number of rotatable bonds is 9. The molecule has 0 unspecified atom stereocenters. The number of benzene rings is 1. The van der Waals surface area contributed by atoms with E-state index in [0.29, 0.717) is 11.1 Å². The molecule has 0 spiro atoms. The minimum Gasteiger partial charge on any atom is -0.342 e. The molecular formula is C23H25F5N4O. The van der Waals surface area contributed by atoms with Gasteiger partial charge in [-0.25, -0.2) is 0 Å². The highest BCUT2D eigenvalue weighted by molar-refractivity contribution is 5.82. The van der Waals surface area contributed by atoms with Crippen molar-refractivity contribution in [1.29, 1.82) is 5.26 Å². The lowest BCUT2D eigenvalue weighted by atomic mass is 9.94. The summed E-state index contributed by atoms with van der Waals surface area (Å²) in [5.41, 5.74) is 1.71. The molecule has 0 aliphatic carbocycles. The van der Waals surface area contributed by atoms with Gasteiger partial charge in [-0.05, 0) is 36.5 Å². The maximum atomic E-state index is 14.6. The fraction of sp³-hybridized carbons (Fsp3) is 0.435. The van der Waals surface area contributed by atoms with Crippen LogP contribution in [0.3, 0.4) is 0 Å². The normalized spacial score (nSPS) is 13.9. The number of halogens is 5. The molecular weight excluding hydrogens is 443 g/mol. The lowest BCUT2D eigenvalue weighted by Gasteiger charge is -2.33. The number of pyridine rings is 1. The summed E-state index contributed by atoms with van der Waals surface area (Å²) < 4.78 is 69.1. The third-order valence-corrected chi connectivity index (χ3v) is 4.96. The maximum Gasteiger partial charge on any atom is 0.455 e. The van der Waals surface area contributed by atoms with Crippen LogP contribution in [0.2, 0.25) is 0 Å². The molecule has 1 aromatic heterocycles. The third-order valence-electron chi connectivity index (χ3n) is 4.96. The molecule has 10 heteroatoms. The highest BCUT2D eigenvalue weighted by atomic mass is 19.4. The molecule has 1 amide bonds. The zero-order valence-electron chi connectivity index (χ0n) is 18.4. The summed E-state index contributed by atoms with van der Waals surface area (Å²) in [6.07, 6.45) is -4.28. The number of amides is 1. The van der Waals surface area contributed by atoms with Gasteiger partial charge in [0, 0.05) is 17.5 Å². The van der Waals surface area contributed by atoms with E-state index in [1.165, 1.54) is 24.3 Å². The van der Waals surface area contributed by atoms with Gasteiger partial charge in [-0.2, -0.15) is 27.2 Å². The number of aromatic nitrogens is 1. The molecule has 2 atom stereocenters. The van der Waals surface area contributed by atoms with E-state index in [-0.39, 0.29) is 17.9 Å². The predicted octanol–water partition coefficient (Wildman–Crippen LogP) is 4.94. The highest BCUT2D eigenvalue weighted by Gasteiger charge is 2.63. The molecule has 1 aromatic carbocycles. The van der Waals surface area contributed by atoms with Gasteiger partial charge in [0.2, 0.25) is 5.91 Å². The first-order valence-electron chi connectivity index (χ1n) is 10.2. The molecule has 0 fully saturated rings. The minimum absolute atomic E-state index is 0.00514. The standard InChI is InChI=1S/C23H25F5N4O/c1-14(2)12-19(21(33)30-11-10-29)32-20(22(24,25)23(26,27)28)17-8-6-16(7-9-17)18-5-4-15(3)31-13-18/h4-9,13-14,19-20,32H,11-12H2,1-3H3,(H,30,33)/t19-,20-/m0/s1. The molecule has 1 heterocycles. The molecule has 5 nitrogen and oxygen atoms in total. The number of carbonyl (C=O) groups is 1. The summed E-state index contributed by atoms with van der Waals surface area (Å²) in [6, 6.07) is 6.51. The molecule has 0 aliphatic heterocycles. The fourth-order valence-electron chi connectivity index (χ4n) is 3.25. The van der Waals surface area contributed by atoms with Crippen molar-refractivity contribution in [3.8, 4) is 17.2 Å². The van der Waals surface area contributed by atoms with Crippen LogP contribution in [0, 0.1) is 24.2 Å². The minimum atomic E-state index is -5.85. The average molecular weight is 468 g/mol. The summed E-state index contributed by atoms with van der Waals surface area (Å²) in [6.45, 7) is 4.80. The van der Waals surface area contributed by atoms with Crippen LogP contribution >= 0.6 is 0 Å². The van der Waals surface area contributed by atoms with Crippen LogP contribution in [-0.2, 0) is 4.79 Å². The first-order chi connectivity index (χ1) is 15.4. The summed E-state index contributed by atoms with van der Waals surface area (Å²) in [5.74, 6) is -6.17. The number of hydrogen-bond acceptors (Lipinski definition) is 4. The van der Waals surface area contributed by atoms with E-state index in [2.05, 4.69) is 15.6 Å². The molecule has 2 aromatic rings. The number of alkyl halides is 5. The SMILES string of the molecule is Cc1ccc(-c2ccc([C@H](N[C@@H](CC(C)C)C(=O)NCC#N)C(F)(F)C(F)(F)F)cc2)cn1. The van der Waals surface area contributed by atoms with Crippen molar-refractivity contribution in [2.24, 2.45) is 5.92 Å². The molecule has 2 N–H and O–H groups in total. The molecule has 178 valence electrons. The van der Waals surface area contributed by atoms with E-state index in [0.717, 1.165) is 5.69 Å². The largest absolute Gasteiger partial charge is 0.455 e.